The van der Waals surface area contributed by atoms with E-state index < -0.39 is 0 Å². The molecule has 2 saturated heterocycles. The van der Waals surface area contributed by atoms with E-state index in [-0.39, 0.29) is 12.1 Å². The van der Waals surface area contributed by atoms with Gasteiger partial charge in [0.1, 0.15) is 0 Å². The number of carbonyl (C=O) groups is 1. The summed E-state index contributed by atoms with van der Waals surface area (Å²) in [4.78, 5) is 16.3. The molecule has 0 spiro atoms. The fourth-order valence-electron chi connectivity index (χ4n) is 4.51. The molecule has 2 amide bonds. The molecule has 1 atom stereocenters. The molecule has 8 heteroatoms. The SMILES string of the molecule is CCNC(=O)N1CCN(c2ccnn3cc(-c4ccc([C@H]5CNCCO5)cc4)cc23)CC1. The Labute approximate surface area is 188 Å². The van der Waals surface area contributed by atoms with Crippen LogP contribution in [0, 0.1) is 0 Å². The minimum Gasteiger partial charge on any atom is -0.371 e. The summed E-state index contributed by atoms with van der Waals surface area (Å²) < 4.78 is 7.81. The number of benzene rings is 1. The van der Waals surface area contributed by atoms with Crippen molar-refractivity contribution >= 4 is 17.2 Å². The first kappa shape index (κ1) is 20.8. The number of rotatable bonds is 4. The maximum atomic E-state index is 12.1. The van der Waals surface area contributed by atoms with Crippen LogP contribution in [0.1, 0.15) is 18.6 Å². The Hall–Kier alpha value is -3.10. The highest BCUT2D eigenvalue weighted by molar-refractivity contribution is 5.80. The maximum Gasteiger partial charge on any atom is 0.317 e. The topological polar surface area (TPSA) is 74.1 Å². The first-order valence-corrected chi connectivity index (χ1v) is 11.4. The van der Waals surface area contributed by atoms with Crippen molar-refractivity contribution in [3.63, 3.8) is 0 Å². The molecule has 32 heavy (non-hydrogen) atoms. The van der Waals surface area contributed by atoms with Crippen LogP contribution in [0.3, 0.4) is 0 Å². The first-order valence-electron chi connectivity index (χ1n) is 11.4. The number of hydrogen-bond acceptors (Lipinski definition) is 5. The van der Waals surface area contributed by atoms with Gasteiger partial charge in [0.25, 0.3) is 0 Å². The molecular formula is C24H30N6O2. The summed E-state index contributed by atoms with van der Waals surface area (Å²) in [5.74, 6) is 0. The molecule has 168 valence electrons. The molecule has 2 aliphatic rings. The van der Waals surface area contributed by atoms with Crippen molar-refractivity contribution in [2.24, 2.45) is 0 Å². The molecule has 8 nitrogen and oxygen atoms in total. The number of urea groups is 1. The normalized spacial score (nSPS) is 19.3. The van der Waals surface area contributed by atoms with Gasteiger partial charge >= 0.3 is 6.03 Å². The smallest absolute Gasteiger partial charge is 0.317 e. The van der Waals surface area contributed by atoms with Gasteiger partial charge in [-0.3, -0.25) is 0 Å². The van der Waals surface area contributed by atoms with Gasteiger partial charge in [-0.15, -0.1) is 0 Å². The van der Waals surface area contributed by atoms with Gasteiger partial charge in [-0.1, -0.05) is 24.3 Å². The van der Waals surface area contributed by atoms with Crippen LogP contribution in [-0.2, 0) is 4.74 Å². The van der Waals surface area contributed by atoms with E-state index in [1.54, 1.807) is 0 Å². The van der Waals surface area contributed by atoms with E-state index in [4.69, 9.17) is 4.74 Å². The second-order valence-corrected chi connectivity index (χ2v) is 8.27. The third kappa shape index (κ3) is 4.16. The largest absolute Gasteiger partial charge is 0.371 e. The number of carbonyl (C=O) groups excluding carboxylic acids is 1. The highest BCUT2D eigenvalue weighted by atomic mass is 16.5. The van der Waals surface area contributed by atoms with Gasteiger partial charge in [0.05, 0.1) is 23.9 Å². The molecule has 3 aromatic rings. The molecule has 2 fully saturated rings. The highest BCUT2D eigenvalue weighted by Gasteiger charge is 2.22. The summed E-state index contributed by atoms with van der Waals surface area (Å²) in [6, 6.07) is 12.9. The lowest BCUT2D eigenvalue weighted by Gasteiger charge is -2.36. The fraction of sp³-hybridized carbons (Fsp3) is 0.417. The lowest BCUT2D eigenvalue weighted by atomic mass is 10.0. The average molecular weight is 435 g/mol. The monoisotopic (exact) mass is 434 g/mol. The molecule has 2 aromatic heterocycles. The van der Waals surface area contributed by atoms with Crippen LogP contribution in [0.15, 0.2) is 48.8 Å². The van der Waals surface area contributed by atoms with Crippen LogP contribution >= 0.6 is 0 Å². The maximum absolute atomic E-state index is 12.1. The van der Waals surface area contributed by atoms with E-state index in [2.05, 4.69) is 63.2 Å². The molecule has 0 unspecified atom stereocenters. The lowest BCUT2D eigenvalue weighted by molar-refractivity contribution is 0.0277. The quantitative estimate of drug-likeness (QED) is 0.660. The van der Waals surface area contributed by atoms with E-state index >= 15 is 0 Å². The van der Waals surface area contributed by atoms with Gasteiger partial charge in [-0.25, -0.2) is 9.31 Å². The van der Waals surface area contributed by atoms with Crippen molar-refractivity contribution in [3.8, 4) is 11.1 Å². The van der Waals surface area contributed by atoms with Crippen LogP contribution in [0.4, 0.5) is 10.5 Å². The number of aromatic nitrogens is 2. The average Bonchev–Trinajstić information content (AvgIpc) is 3.30. The Morgan fingerprint density at radius 2 is 1.97 bits per heavy atom. The van der Waals surface area contributed by atoms with E-state index in [1.807, 2.05) is 22.5 Å². The van der Waals surface area contributed by atoms with Crippen LogP contribution < -0.4 is 15.5 Å². The number of anilines is 1. The molecular weight excluding hydrogens is 404 g/mol. The molecule has 1 aromatic carbocycles. The second-order valence-electron chi connectivity index (χ2n) is 8.27. The second kappa shape index (κ2) is 9.18. The number of hydrogen-bond donors (Lipinski definition) is 2. The van der Waals surface area contributed by atoms with Gasteiger partial charge in [-0.2, -0.15) is 5.10 Å². The summed E-state index contributed by atoms with van der Waals surface area (Å²) in [5, 5.41) is 10.8. The lowest BCUT2D eigenvalue weighted by Crippen LogP contribution is -2.51. The Morgan fingerprint density at radius 1 is 1.16 bits per heavy atom. The van der Waals surface area contributed by atoms with Crippen LogP contribution in [-0.4, -0.2) is 73.0 Å². The number of nitrogens with one attached hydrogen (secondary N) is 2. The van der Waals surface area contributed by atoms with Crippen LogP contribution in [0.2, 0.25) is 0 Å². The molecule has 4 heterocycles. The minimum atomic E-state index is 0.0230. The Morgan fingerprint density at radius 3 is 2.69 bits per heavy atom. The molecule has 5 rings (SSSR count). The van der Waals surface area contributed by atoms with E-state index in [1.165, 1.54) is 5.56 Å². The number of ether oxygens (including phenoxy) is 1. The molecule has 2 N–H and O–H groups in total. The van der Waals surface area contributed by atoms with Gasteiger partial charge in [0.2, 0.25) is 0 Å². The Kier molecular flexibility index (Phi) is 5.96. The molecule has 0 bridgehead atoms. The standard InChI is InChI=1S/C24H30N6O2/c1-2-26-24(31)29-12-10-28(11-13-29)21-7-8-27-30-17-20(15-22(21)30)18-3-5-19(6-4-18)23-16-25-9-14-32-23/h3-8,15,17,23,25H,2,9-14,16H2,1H3,(H,26,31)/t23-/m1/s1. The summed E-state index contributed by atoms with van der Waals surface area (Å²) in [5.41, 5.74) is 5.74. The molecule has 2 aliphatic heterocycles. The minimum absolute atomic E-state index is 0.0230. The number of amides is 2. The highest BCUT2D eigenvalue weighted by Crippen LogP contribution is 2.30. The zero-order valence-electron chi connectivity index (χ0n) is 18.5. The number of nitrogens with zero attached hydrogens (tertiary/aromatic N) is 4. The molecule has 0 saturated carbocycles. The van der Waals surface area contributed by atoms with Gasteiger partial charge < -0.3 is 25.2 Å². The van der Waals surface area contributed by atoms with E-state index in [9.17, 15) is 4.79 Å². The fourth-order valence-corrected chi connectivity index (χ4v) is 4.51. The Bertz CT molecular complexity index is 1070. The third-order valence-corrected chi connectivity index (χ3v) is 6.27. The number of piperazine rings is 1. The zero-order chi connectivity index (χ0) is 21.9. The van der Waals surface area contributed by atoms with Gasteiger partial charge in [0.15, 0.2) is 0 Å². The van der Waals surface area contributed by atoms with Crippen molar-refractivity contribution < 1.29 is 9.53 Å². The van der Waals surface area contributed by atoms with Crippen LogP contribution in [0.5, 0.6) is 0 Å². The van der Waals surface area contributed by atoms with Crippen molar-refractivity contribution in [2.45, 2.75) is 13.0 Å². The van der Waals surface area contributed by atoms with E-state index in [0.717, 1.165) is 55.1 Å². The summed E-state index contributed by atoms with van der Waals surface area (Å²) in [6.07, 6.45) is 4.05. The first-order chi connectivity index (χ1) is 15.7. The predicted molar refractivity (Wildman–Crippen MR) is 125 cm³/mol. The number of morpholine rings is 1. The summed E-state index contributed by atoms with van der Waals surface area (Å²) >= 11 is 0. The van der Waals surface area contributed by atoms with E-state index in [0.29, 0.717) is 19.6 Å². The summed E-state index contributed by atoms with van der Waals surface area (Å²) in [6.45, 7) is 8.18. The van der Waals surface area contributed by atoms with Crippen molar-refractivity contribution in [1.29, 1.82) is 0 Å². The van der Waals surface area contributed by atoms with Crippen molar-refractivity contribution in [2.75, 3.05) is 57.3 Å². The third-order valence-electron chi connectivity index (χ3n) is 6.27. The molecule has 0 aliphatic carbocycles. The number of fused-ring (bicyclic) bond motifs is 1. The molecule has 0 radical (unpaired) electrons. The zero-order valence-corrected chi connectivity index (χ0v) is 18.5. The Balaban J connectivity index is 1.34. The van der Waals surface area contributed by atoms with Gasteiger partial charge in [-0.05, 0) is 30.2 Å². The van der Waals surface area contributed by atoms with Crippen molar-refractivity contribution in [3.05, 3.63) is 54.4 Å². The predicted octanol–water partition coefficient (Wildman–Crippen LogP) is 2.51. The van der Waals surface area contributed by atoms with Crippen molar-refractivity contribution in [1.82, 2.24) is 25.1 Å². The summed E-state index contributed by atoms with van der Waals surface area (Å²) in [7, 11) is 0. The van der Waals surface area contributed by atoms with Gasteiger partial charge in [0, 0.05) is 63.8 Å². The van der Waals surface area contributed by atoms with Crippen LogP contribution in [0.25, 0.3) is 16.6 Å².